The topological polar surface area (TPSA) is 101 Å². The first-order valence-electron chi connectivity index (χ1n) is 15.6. The molecule has 11 heteroatoms. The summed E-state index contributed by atoms with van der Waals surface area (Å²) in [6, 6.07) is 26.2. The fraction of sp³-hybridized carbons (Fsp3) is 0.389. The number of benzene rings is 3. The summed E-state index contributed by atoms with van der Waals surface area (Å²) in [7, 11) is 0.673. The number of H-pyrrole nitrogens is 1. The Labute approximate surface area is 275 Å². The summed E-state index contributed by atoms with van der Waals surface area (Å²) < 4.78 is 48.6. The third kappa shape index (κ3) is 6.84. The van der Waals surface area contributed by atoms with E-state index in [2.05, 4.69) is 25.8 Å². The quantitative estimate of drug-likeness (QED) is 0.151. The molecule has 5 rings (SSSR count). The van der Waals surface area contributed by atoms with Gasteiger partial charge >= 0.3 is 5.69 Å². The van der Waals surface area contributed by atoms with Crippen LogP contribution in [0.2, 0.25) is 18.1 Å². The summed E-state index contributed by atoms with van der Waals surface area (Å²) >= 11 is 0. The summed E-state index contributed by atoms with van der Waals surface area (Å²) in [6.07, 6.45) is -3.79. The number of ether oxygens (including phenoxy) is 4. The van der Waals surface area contributed by atoms with Gasteiger partial charge in [0, 0.05) is 12.3 Å². The molecule has 47 heavy (non-hydrogen) atoms. The molecule has 1 aliphatic heterocycles. The van der Waals surface area contributed by atoms with E-state index >= 15 is 4.39 Å². The van der Waals surface area contributed by atoms with Crippen LogP contribution in [0.1, 0.15) is 43.7 Å². The van der Waals surface area contributed by atoms with E-state index in [1.807, 2.05) is 92.0 Å². The molecule has 2 heterocycles. The minimum Gasteiger partial charge on any atom is -0.497 e. The fourth-order valence-electron chi connectivity index (χ4n) is 5.62. The maximum absolute atomic E-state index is 16.6. The molecule has 9 nitrogen and oxygen atoms in total. The van der Waals surface area contributed by atoms with Crippen LogP contribution in [0.5, 0.6) is 11.5 Å². The third-order valence-corrected chi connectivity index (χ3v) is 13.7. The van der Waals surface area contributed by atoms with Gasteiger partial charge in [0.25, 0.3) is 5.56 Å². The van der Waals surface area contributed by atoms with Crippen LogP contribution in [0, 0.1) is 0 Å². The molecule has 0 saturated carbocycles. The zero-order chi connectivity index (χ0) is 34.0. The monoisotopic (exact) mass is 662 g/mol. The van der Waals surface area contributed by atoms with Crippen molar-refractivity contribution >= 4 is 8.32 Å². The highest BCUT2D eigenvalue weighted by Gasteiger charge is 2.52. The molecule has 4 atom stereocenters. The standard InChI is InChI=1S/C36H43FN2O7Si/c1-35(2,3)47(6,7)46-32-29(45-33(31(32)37)39-22-21-30(40)38-34(39)41)23-44-36(24-11-9-8-10-12-24,25-13-17-27(42-4)18-14-25)26-15-19-28(43-5)20-16-26/h8-22,29,31-33H,23H2,1-7H3,(H,38,40,41). The number of alkyl halides is 1. The maximum Gasteiger partial charge on any atom is 0.330 e. The number of rotatable bonds is 11. The van der Waals surface area contributed by atoms with E-state index in [4.69, 9.17) is 23.4 Å². The van der Waals surface area contributed by atoms with Crippen molar-refractivity contribution in [2.45, 2.75) is 69.1 Å². The van der Waals surface area contributed by atoms with E-state index in [0.29, 0.717) is 11.5 Å². The van der Waals surface area contributed by atoms with Crippen molar-refractivity contribution in [2.75, 3.05) is 20.8 Å². The second kappa shape index (κ2) is 13.6. The number of aromatic amines is 1. The van der Waals surface area contributed by atoms with Crippen LogP contribution in [-0.2, 0) is 19.5 Å². The summed E-state index contributed by atoms with van der Waals surface area (Å²) in [6.45, 7) is 10.2. The molecule has 1 N–H and O–H groups in total. The van der Waals surface area contributed by atoms with Gasteiger partial charge in [-0.05, 0) is 59.1 Å². The first-order valence-corrected chi connectivity index (χ1v) is 18.5. The van der Waals surface area contributed by atoms with Gasteiger partial charge in [-0.15, -0.1) is 0 Å². The van der Waals surface area contributed by atoms with Gasteiger partial charge < -0.3 is 23.4 Å². The highest BCUT2D eigenvalue weighted by Crippen LogP contribution is 2.45. The van der Waals surface area contributed by atoms with Crippen molar-refractivity contribution in [3.05, 3.63) is 129 Å². The molecule has 4 aromatic rings. The normalized spacial score (nSPS) is 20.3. The van der Waals surface area contributed by atoms with E-state index in [1.165, 1.54) is 12.3 Å². The molecule has 4 unspecified atom stereocenters. The molecule has 0 bridgehead atoms. The SMILES string of the molecule is COc1ccc(C(OCC2OC(n3ccc(=O)[nH]c3=O)C(F)C2O[Si](C)(C)C(C)(C)C)(c2ccccc2)c2ccc(OC)cc2)cc1. The Morgan fingerprint density at radius 3 is 1.85 bits per heavy atom. The number of hydrogen-bond donors (Lipinski definition) is 1. The molecule has 0 spiro atoms. The highest BCUT2D eigenvalue weighted by atomic mass is 28.4. The van der Waals surface area contributed by atoms with Crippen LogP contribution < -0.4 is 20.7 Å². The first kappa shape index (κ1) is 34.3. The summed E-state index contributed by atoms with van der Waals surface area (Å²) in [5, 5.41) is -0.231. The Morgan fingerprint density at radius 2 is 1.36 bits per heavy atom. The van der Waals surface area contributed by atoms with Crippen molar-refractivity contribution in [3.8, 4) is 11.5 Å². The van der Waals surface area contributed by atoms with Gasteiger partial charge in [-0.2, -0.15) is 0 Å². The molecular formula is C36H43FN2O7Si. The average Bonchev–Trinajstić information content (AvgIpc) is 3.35. The van der Waals surface area contributed by atoms with E-state index in [1.54, 1.807) is 14.2 Å². The Morgan fingerprint density at radius 1 is 0.830 bits per heavy atom. The van der Waals surface area contributed by atoms with E-state index in [9.17, 15) is 9.59 Å². The number of nitrogens with zero attached hydrogens (tertiary/aromatic N) is 1. The van der Waals surface area contributed by atoms with Crippen molar-refractivity contribution in [3.63, 3.8) is 0 Å². The second-order valence-corrected chi connectivity index (χ2v) is 17.9. The number of aromatic nitrogens is 2. The Hall–Kier alpha value is -4.03. The van der Waals surface area contributed by atoms with Gasteiger partial charge in [0.05, 0.1) is 20.8 Å². The minimum absolute atomic E-state index is 0.0960. The molecule has 3 aromatic carbocycles. The Bertz CT molecular complexity index is 1700. The molecule has 1 aliphatic rings. The van der Waals surface area contributed by atoms with Crippen LogP contribution in [0.15, 0.2) is 101 Å². The van der Waals surface area contributed by atoms with E-state index in [-0.39, 0.29) is 11.6 Å². The lowest BCUT2D eigenvalue weighted by molar-refractivity contribution is -0.0937. The average molecular weight is 663 g/mol. The lowest BCUT2D eigenvalue weighted by atomic mass is 9.80. The predicted molar refractivity (Wildman–Crippen MR) is 180 cm³/mol. The number of nitrogens with one attached hydrogen (secondary N) is 1. The smallest absolute Gasteiger partial charge is 0.330 e. The number of hydrogen-bond acceptors (Lipinski definition) is 7. The second-order valence-electron chi connectivity index (χ2n) is 13.2. The van der Waals surface area contributed by atoms with E-state index in [0.717, 1.165) is 21.3 Å². The van der Waals surface area contributed by atoms with Crippen molar-refractivity contribution < 1.29 is 27.8 Å². The molecule has 0 amide bonds. The van der Waals surface area contributed by atoms with Gasteiger partial charge in [0.15, 0.2) is 20.7 Å². The van der Waals surface area contributed by atoms with Crippen LogP contribution in [0.25, 0.3) is 0 Å². The largest absolute Gasteiger partial charge is 0.497 e. The Balaban J connectivity index is 1.62. The lowest BCUT2D eigenvalue weighted by Crippen LogP contribution is -2.49. The third-order valence-electron chi connectivity index (χ3n) is 9.27. The molecule has 250 valence electrons. The molecule has 1 fully saturated rings. The molecule has 1 saturated heterocycles. The molecule has 1 aromatic heterocycles. The summed E-state index contributed by atoms with van der Waals surface area (Å²) in [5.41, 5.74) is -0.0864. The summed E-state index contributed by atoms with van der Waals surface area (Å²) in [5.74, 6) is 1.36. The van der Waals surface area contributed by atoms with Gasteiger partial charge in [-0.25, -0.2) is 9.18 Å². The van der Waals surface area contributed by atoms with Crippen molar-refractivity contribution in [1.29, 1.82) is 0 Å². The van der Waals surface area contributed by atoms with E-state index < -0.39 is 49.8 Å². The Kier molecular flexibility index (Phi) is 9.93. The lowest BCUT2D eigenvalue weighted by Gasteiger charge is -2.40. The highest BCUT2D eigenvalue weighted by molar-refractivity contribution is 6.74. The first-order chi connectivity index (χ1) is 22.3. The molecular weight excluding hydrogens is 619 g/mol. The van der Waals surface area contributed by atoms with Gasteiger partial charge in [0.2, 0.25) is 0 Å². The van der Waals surface area contributed by atoms with Crippen LogP contribution >= 0.6 is 0 Å². The predicted octanol–water partition coefficient (Wildman–Crippen LogP) is 6.19. The van der Waals surface area contributed by atoms with Crippen LogP contribution in [0.3, 0.4) is 0 Å². The van der Waals surface area contributed by atoms with Gasteiger partial charge in [-0.3, -0.25) is 14.3 Å². The van der Waals surface area contributed by atoms with Crippen molar-refractivity contribution in [2.24, 2.45) is 0 Å². The number of halogens is 1. The number of methoxy groups -OCH3 is 2. The fourth-order valence-corrected chi connectivity index (χ4v) is 6.93. The molecule has 0 aliphatic carbocycles. The van der Waals surface area contributed by atoms with Crippen LogP contribution in [0.4, 0.5) is 4.39 Å². The minimum atomic E-state index is -2.54. The molecule has 0 radical (unpaired) electrons. The maximum atomic E-state index is 16.6. The zero-order valence-corrected chi connectivity index (χ0v) is 28.9. The zero-order valence-electron chi connectivity index (χ0n) is 27.9. The van der Waals surface area contributed by atoms with Crippen molar-refractivity contribution in [1.82, 2.24) is 9.55 Å². The van der Waals surface area contributed by atoms with Crippen LogP contribution in [-0.4, -0.2) is 57.1 Å². The van der Waals surface area contributed by atoms with Gasteiger partial charge in [0.1, 0.15) is 29.3 Å². The van der Waals surface area contributed by atoms with Gasteiger partial charge in [-0.1, -0.05) is 75.4 Å². The summed E-state index contributed by atoms with van der Waals surface area (Å²) in [4.78, 5) is 26.8.